The van der Waals surface area contributed by atoms with Gasteiger partial charge in [-0.1, -0.05) is 12.1 Å². The molecule has 0 unspecified atom stereocenters. The second-order valence-electron chi connectivity index (χ2n) is 7.30. The SMILES string of the molecule is Cc1nc(-c2cccc(NC(=O)c3ccc(OC[C@@H]4CCCO4)cc3)c2)[nH]c1C. The third kappa shape index (κ3) is 4.66. The van der Waals surface area contributed by atoms with E-state index in [0.29, 0.717) is 12.2 Å². The van der Waals surface area contributed by atoms with Gasteiger partial charge in [0.05, 0.1) is 11.8 Å². The molecule has 2 N–H and O–H groups in total. The van der Waals surface area contributed by atoms with Gasteiger partial charge in [-0.05, 0) is 63.1 Å². The van der Waals surface area contributed by atoms with Crippen LogP contribution in [0.3, 0.4) is 0 Å². The third-order valence-corrected chi connectivity index (χ3v) is 5.10. The molecule has 0 radical (unpaired) electrons. The van der Waals surface area contributed by atoms with E-state index < -0.39 is 0 Å². The average molecular weight is 391 g/mol. The van der Waals surface area contributed by atoms with Gasteiger partial charge in [0.15, 0.2) is 0 Å². The fourth-order valence-corrected chi connectivity index (χ4v) is 3.30. The van der Waals surface area contributed by atoms with Gasteiger partial charge in [-0.2, -0.15) is 0 Å². The smallest absolute Gasteiger partial charge is 0.255 e. The number of benzene rings is 2. The van der Waals surface area contributed by atoms with Crippen LogP contribution >= 0.6 is 0 Å². The Morgan fingerprint density at radius 3 is 2.76 bits per heavy atom. The fourth-order valence-electron chi connectivity index (χ4n) is 3.30. The highest BCUT2D eigenvalue weighted by Gasteiger charge is 2.16. The molecular weight excluding hydrogens is 366 g/mol. The maximum Gasteiger partial charge on any atom is 0.255 e. The van der Waals surface area contributed by atoms with Crippen molar-refractivity contribution in [1.82, 2.24) is 9.97 Å². The minimum Gasteiger partial charge on any atom is -0.491 e. The molecule has 0 aliphatic carbocycles. The molecule has 1 aliphatic heterocycles. The summed E-state index contributed by atoms with van der Waals surface area (Å²) in [5.41, 5.74) is 4.23. The minimum absolute atomic E-state index is 0.167. The molecule has 1 aliphatic rings. The molecule has 2 aromatic carbocycles. The van der Waals surface area contributed by atoms with Gasteiger partial charge in [0.1, 0.15) is 18.2 Å². The molecule has 4 rings (SSSR count). The number of carbonyl (C=O) groups is 1. The molecule has 2 heterocycles. The number of hydrogen-bond acceptors (Lipinski definition) is 4. The molecule has 6 heteroatoms. The minimum atomic E-state index is -0.167. The summed E-state index contributed by atoms with van der Waals surface area (Å²) in [6.45, 7) is 5.32. The van der Waals surface area contributed by atoms with E-state index in [-0.39, 0.29) is 12.0 Å². The third-order valence-electron chi connectivity index (χ3n) is 5.10. The Morgan fingerprint density at radius 1 is 1.24 bits per heavy atom. The number of rotatable bonds is 6. The van der Waals surface area contributed by atoms with Gasteiger partial charge >= 0.3 is 0 Å². The van der Waals surface area contributed by atoms with Gasteiger partial charge < -0.3 is 19.8 Å². The number of nitrogens with zero attached hydrogens (tertiary/aromatic N) is 1. The van der Waals surface area contributed by atoms with E-state index in [0.717, 1.165) is 53.7 Å². The molecule has 1 aromatic heterocycles. The Bertz CT molecular complexity index is 969. The number of aryl methyl sites for hydroxylation is 2. The number of H-pyrrole nitrogens is 1. The molecule has 29 heavy (non-hydrogen) atoms. The van der Waals surface area contributed by atoms with Crippen molar-refractivity contribution in [3.8, 4) is 17.1 Å². The van der Waals surface area contributed by atoms with Gasteiger partial charge in [-0.3, -0.25) is 4.79 Å². The van der Waals surface area contributed by atoms with Crippen molar-refractivity contribution in [3.05, 3.63) is 65.5 Å². The Labute approximate surface area is 170 Å². The molecule has 0 spiro atoms. The van der Waals surface area contributed by atoms with Crippen LogP contribution < -0.4 is 10.1 Å². The van der Waals surface area contributed by atoms with E-state index in [1.165, 1.54) is 0 Å². The number of carbonyl (C=O) groups excluding carboxylic acids is 1. The zero-order valence-electron chi connectivity index (χ0n) is 16.7. The summed E-state index contributed by atoms with van der Waals surface area (Å²) in [4.78, 5) is 20.4. The second-order valence-corrected chi connectivity index (χ2v) is 7.30. The van der Waals surface area contributed by atoms with E-state index in [1.54, 1.807) is 12.1 Å². The van der Waals surface area contributed by atoms with Crippen molar-refractivity contribution in [2.45, 2.75) is 32.8 Å². The van der Waals surface area contributed by atoms with Gasteiger partial charge in [0, 0.05) is 29.1 Å². The summed E-state index contributed by atoms with van der Waals surface area (Å²) >= 11 is 0. The summed E-state index contributed by atoms with van der Waals surface area (Å²) in [6.07, 6.45) is 2.30. The van der Waals surface area contributed by atoms with Gasteiger partial charge in [0.25, 0.3) is 5.91 Å². The number of anilines is 1. The van der Waals surface area contributed by atoms with E-state index in [9.17, 15) is 4.79 Å². The van der Waals surface area contributed by atoms with Crippen LogP contribution in [0.15, 0.2) is 48.5 Å². The highest BCUT2D eigenvalue weighted by molar-refractivity contribution is 6.04. The first-order chi connectivity index (χ1) is 14.1. The van der Waals surface area contributed by atoms with E-state index in [2.05, 4.69) is 15.3 Å². The van der Waals surface area contributed by atoms with Crippen molar-refractivity contribution >= 4 is 11.6 Å². The number of hydrogen-bond donors (Lipinski definition) is 2. The van der Waals surface area contributed by atoms with Crippen molar-refractivity contribution in [3.63, 3.8) is 0 Å². The average Bonchev–Trinajstić information content (AvgIpc) is 3.37. The summed E-state index contributed by atoms with van der Waals surface area (Å²) in [5, 5.41) is 2.94. The van der Waals surface area contributed by atoms with Gasteiger partial charge in [-0.25, -0.2) is 4.98 Å². The standard InChI is InChI=1S/C23H25N3O3/c1-15-16(2)25-22(24-15)18-5-3-6-19(13-18)26-23(27)17-8-10-20(11-9-17)29-14-21-7-4-12-28-21/h3,5-6,8-11,13,21H,4,7,12,14H2,1-2H3,(H,24,25)(H,26,27)/t21-/m0/s1. The van der Waals surface area contributed by atoms with Crippen LogP contribution in [0, 0.1) is 13.8 Å². The number of nitrogens with one attached hydrogen (secondary N) is 2. The lowest BCUT2D eigenvalue weighted by Gasteiger charge is -2.12. The van der Waals surface area contributed by atoms with Crippen molar-refractivity contribution < 1.29 is 14.3 Å². The monoisotopic (exact) mass is 391 g/mol. The molecule has 150 valence electrons. The Morgan fingerprint density at radius 2 is 2.07 bits per heavy atom. The first kappa shape index (κ1) is 19.2. The van der Waals surface area contributed by atoms with Crippen molar-refractivity contribution in [2.24, 2.45) is 0 Å². The number of ether oxygens (including phenoxy) is 2. The molecule has 1 amide bonds. The van der Waals surface area contributed by atoms with Crippen LogP contribution in [0.1, 0.15) is 34.6 Å². The van der Waals surface area contributed by atoms with Gasteiger partial charge in [0.2, 0.25) is 0 Å². The van der Waals surface area contributed by atoms with Gasteiger partial charge in [-0.15, -0.1) is 0 Å². The van der Waals surface area contributed by atoms with Crippen molar-refractivity contribution in [2.75, 3.05) is 18.5 Å². The highest BCUT2D eigenvalue weighted by atomic mass is 16.5. The van der Waals surface area contributed by atoms with Crippen LogP contribution in [-0.4, -0.2) is 35.2 Å². The highest BCUT2D eigenvalue weighted by Crippen LogP contribution is 2.22. The van der Waals surface area contributed by atoms with E-state index in [1.807, 2.05) is 50.2 Å². The first-order valence-corrected chi connectivity index (χ1v) is 9.88. The molecule has 1 fully saturated rings. The van der Waals surface area contributed by atoms with Crippen molar-refractivity contribution in [1.29, 1.82) is 0 Å². The predicted octanol–water partition coefficient (Wildman–Crippen LogP) is 4.50. The second kappa shape index (κ2) is 8.49. The first-order valence-electron chi connectivity index (χ1n) is 9.88. The summed E-state index contributed by atoms with van der Waals surface area (Å²) in [7, 11) is 0. The van der Waals surface area contributed by atoms with Crippen LogP contribution in [0.5, 0.6) is 5.75 Å². The molecule has 1 atom stereocenters. The fraction of sp³-hybridized carbons (Fsp3) is 0.304. The molecule has 0 saturated carbocycles. The number of imidazole rings is 1. The lowest BCUT2D eigenvalue weighted by molar-refractivity contribution is 0.0679. The quantitative estimate of drug-likeness (QED) is 0.648. The van der Waals surface area contributed by atoms with Crippen LogP contribution in [0.25, 0.3) is 11.4 Å². The molecule has 6 nitrogen and oxygen atoms in total. The zero-order valence-corrected chi connectivity index (χ0v) is 16.7. The lowest BCUT2D eigenvalue weighted by Crippen LogP contribution is -2.16. The van der Waals surface area contributed by atoms with Crippen LogP contribution in [0.2, 0.25) is 0 Å². The summed E-state index contributed by atoms with van der Waals surface area (Å²) in [5.74, 6) is 1.37. The molecule has 0 bridgehead atoms. The Balaban J connectivity index is 1.39. The van der Waals surface area contributed by atoms with E-state index >= 15 is 0 Å². The topological polar surface area (TPSA) is 76.2 Å². The summed E-state index contributed by atoms with van der Waals surface area (Å²) < 4.78 is 11.3. The number of amides is 1. The maximum absolute atomic E-state index is 12.6. The Kier molecular flexibility index (Phi) is 5.62. The number of aromatic nitrogens is 2. The lowest BCUT2D eigenvalue weighted by atomic mass is 10.1. The Hall–Kier alpha value is -3.12. The predicted molar refractivity (Wildman–Crippen MR) is 112 cm³/mol. The molecular formula is C23H25N3O3. The van der Waals surface area contributed by atoms with Crippen LogP contribution in [0.4, 0.5) is 5.69 Å². The largest absolute Gasteiger partial charge is 0.491 e. The van der Waals surface area contributed by atoms with E-state index in [4.69, 9.17) is 9.47 Å². The maximum atomic E-state index is 12.6. The molecule has 3 aromatic rings. The number of aromatic amines is 1. The molecule has 1 saturated heterocycles. The van der Waals surface area contributed by atoms with Crippen LogP contribution in [-0.2, 0) is 4.74 Å². The zero-order chi connectivity index (χ0) is 20.2. The normalized spacial score (nSPS) is 16.0. The summed E-state index contributed by atoms with van der Waals surface area (Å²) in [6, 6.07) is 14.8.